The van der Waals surface area contributed by atoms with Crippen LogP contribution in [0.1, 0.15) is 55.7 Å². The van der Waals surface area contributed by atoms with Crippen LogP contribution >= 0.6 is 0 Å². The SMILES string of the molecule is C=CCOC(=O)N1CC[C@H]2CC[C@@H](C(=O)N[C@@H]3CCOc4ccccc43)N2C(=O)[C@@H](NC(=O)[C@H](C)N(C)Cc2oc(=O)oc2C)C1. The smallest absolute Gasteiger partial charge is 0.493 e. The number of nitrogens with zero attached hydrogens (tertiary/aromatic N) is 3. The molecule has 248 valence electrons. The maximum absolute atomic E-state index is 14.3. The number of likely N-dealkylation sites (N-methyl/N-ethyl adjacent to an activating group) is 1. The predicted molar refractivity (Wildman–Crippen MR) is 164 cm³/mol. The highest BCUT2D eigenvalue weighted by Gasteiger charge is 2.46. The molecule has 3 aliphatic heterocycles. The fourth-order valence-corrected chi connectivity index (χ4v) is 6.26. The monoisotopic (exact) mass is 639 g/mol. The molecule has 2 saturated heterocycles. The number of carbonyl (C=O) groups is 4. The largest absolute Gasteiger partial charge is 0.519 e. The van der Waals surface area contributed by atoms with Crippen LogP contribution in [0.2, 0.25) is 0 Å². The number of hydrogen-bond donors (Lipinski definition) is 2. The number of aryl methyl sites for hydroxylation is 1. The highest BCUT2D eigenvalue weighted by atomic mass is 16.6. The second-order valence-corrected chi connectivity index (χ2v) is 11.9. The maximum Gasteiger partial charge on any atom is 0.519 e. The van der Waals surface area contributed by atoms with Crippen molar-refractivity contribution in [2.24, 2.45) is 0 Å². The summed E-state index contributed by atoms with van der Waals surface area (Å²) in [6.07, 6.45) is 2.89. The number of rotatable bonds is 9. The number of ether oxygens (including phenoxy) is 2. The Hall–Kier alpha value is -4.59. The second kappa shape index (κ2) is 14.2. The highest BCUT2D eigenvalue weighted by molar-refractivity contribution is 5.94. The molecule has 14 heteroatoms. The van der Waals surface area contributed by atoms with E-state index in [2.05, 4.69) is 17.2 Å². The first-order chi connectivity index (χ1) is 22.1. The Labute approximate surface area is 266 Å². The van der Waals surface area contributed by atoms with Crippen molar-refractivity contribution >= 4 is 23.8 Å². The zero-order chi connectivity index (χ0) is 33.0. The molecule has 5 rings (SSSR count). The van der Waals surface area contributed by atoms with Gasteiger partial charge in [-0.25, -0.2) is 9.59 Å². The van der Waals surface area contributed by atoms with E-state index in [0.29, 0.717) is 38.1 Å². The van der Waals surface area contributed by atoms with Crippen molar-refractivity contribution in [2.75, 3.05) is 33.4 Å². The third-order valence-corrected chi connectivity index (χ3v) is 8.94. The standard InChI is InChI=1S/C32H41N5O9/c1-5-15-44-31(41)36-14-12-21-10-11-25(29(39)33-23-13-16-43-26-9-7-6-8-22(23)26)37(21)30(40)24(17-36)34-28(38)19(2)35(4)18-27-20(3)45-32(42)46-27/h5-9,19,21,23-25H,1,10-18H2,2-4H3,(H,33,39)(H,34,38)/t19-,21+,23+,24-,25-/m0/s1. The number of fused-ring (bicyclic) bond motifs is 2. The van der Waals surface area contributed by atoms with Crippen molar-refractivity contribution < 1.29 is 37.5 Å². The Balaban J connectivity index is 1.34. The highest BCUT2D eigenvalue weighted by Crippen LogP contribution is 2.34. The van der Waals surface area contributed by atoms with Crippen molar-refractivity contribution in [2.45, 2.75) is 76.3 Å². The van der Waals surface area contributed by atoms with Gasteiger partial charge in [-0.3, -0.25) is 19.3 Å². The van der Waals surface area contributed by atoms with E-state index in [1.807, 2.05) is 24.3 Å². The van der Waals surface area contributed by atoms with Crippen LogP contribution in [0.3, 0.4) is 0 Å². The minimum Gasteiger partial charge on any atom is -0.493 e. The molecule has 4 amide bonds. The van der Waals surface area contributed by atoms with E-state index >= 15 is 0 Å². The van der Waals surface area contributed by atoms with E-state index in [4.69, 9.17) is 18.3 Å². The van der Waals surface area contributed by atoms with E-state index in [1.165, 1.54) is 11.0 Å². The minimum atomic E-state index is -1.15. The molecular weight excluding hydrogens is 598 g/mol. The Morgan fingerprint density at radius 3 is 2.63 bits per heavy atom. The third kappa shape index (κ3) is 7.11. The van der Waals surface area contributed by atoms with E-state index in [9.17, 15) is 24.0 Å². The van der Waals surface area contributed by atoms with Crippen LogP contribution in [0.5, 0.6) is 5.75 Å². The van der Waals surface area contributed by atoms with Gasteiger partial charge in [0, 0.05) is 24.6 Å². The van der Waals surface area contributed by atoms with Crippen LogP contribution in [0.4, 0.5) is 4.79 Å². The number of amides is 4. The van der Waals surface area contributed by atoms with Crippen LogP contribution in [0, 0.1) is 6.92 Å². The van der Waals surface area contributed by atoms with Gasteiger partial charge in [-0.05, 0) is 46.2 Å². The summed E-state index contributed by atoms with van der Waals surface area (Å²) in [5.74, 6) is -0.720. The minimum absolute atomic E-state index is 0.00117. The third-order valence-electron chi connectivity index (χ3n) is 8.94. The molecule has 0 spiro atoms. The van der Waals surface area contributed by atoms with Crippen molar-refractivity contribution in [1.82, 2.24) is 25.3 Å². The first kappa shape index (κ1) is 32.8. The summed E-state index contributed by atoms with van der Waals surface area (Å²) in [6, 6.07) is 4.34. The van der Waals surface area contributed by atoms with E-state index in [1.54, 1.807) is 30.7 Å². The van der Waals surface area contributed by atoms with Crippen LogP contribution in [-0.4, -0.2) is 96.0 Å². The topological polar surface area (TPSA) is 164 Å². The molecule has 5 atom stereocenters. The van der Waals surface area contributed by atoms with Crippen LogP contribution < -0.4 is 21.2 Å². The Kier molecular flexibility index (Phi) is 10.1. The molecule has 0 radical (unpaired) electrons. The van der Waals surface area contributed by atoms with Crippen LogP contribution in [-0.2, 0) is 25.7 Å². The normalized spacial score (nSPS) is 23.3. The van der Waals surface area contributed by atoms with E-state index in [-0.39, 0.29) is 50.0 Å². The van der Waals surface area contributed by atoms with Gasteiger partial charge in [0.1, 0.15) is 30.2 Å². The molecular formula is C32H41N5O9. The average Bonchev–Trinajstić information content (AvgIpc) is 3.60. The molecule has 2 N–H and O–H groups in total. The van der Waals surface area contributed by atoms with Gasteiger partial charge in [-0.1, -0.05) is 30.9 Å². The first-order valence-corrected chi connectivity index (χ1v) is 15.5. The summed E-state index contributed by atoms with van der Waals surface area (Å²) in [5, 5.41) is 5.96. The van der Waals surface area contributed by atoms with E-state index in [0.717, 1.165) is 11.3 Å². The van der Waals surface area contributed by atoms with Gasteiger partial charge in [0.25, 0.3) is 0 Å². The van der Waals surface area contributed by atoms with Crippen molar-refractivity contribution in [3.63, 3.8) is 0 Å². The summed E-state index contributed by atoms with van der Waals surface area (Å²) < 4.78 is 21.0. The van der Waals surface area contributed by atoms with Gasteiger partial charge >= 0.3 is 11.9 Å². The molecule has 0 saturated carbocycles. The lowest BCUT2D eigenvalue weighted by Gasteiger charge is -2.39. The van der Waals surface area contributed by atoms with Gasteiger partial charge in [-0.15, -0.1) is 0 Å². The molecule has 1 aromatic heterocycles. The zero-order valence-electron chi connectivity index (χ0n) is 26.4. The first-order valence-electron chi connectivity index (χ1n) is 15.5. The van der Waals surface area contributed by atoms with Gasteiger partial charge < -0.3 is 38.7 Å². The van der Waals surface area contributed by atoms with Gasteiger partial charge in [0.15, 0.2) is 5.76 Å². The fraction of sp³-hybridized carbons (Fsp3) is 0.531. The molecule has 2 aromatic rings. The maximum atomic E-state index is 14.3. The second-order valence-electron chi connectivity index (χ2n) is 11.9. The van der Waals surface area contributed by atoms with Crippen molar-refractivity contribution in [1.29, 1.82) is 0 Å². The summed E-state index contributed by atoms with van der Waals surface area (Å²) >= 11 is 0. The Bertz CT molecular complexity index is 1520. The molecule has 4 heterocycles. The zero-order valence-corrected chi connectivity index (χ0v) is 26.4. The van der Waals surface area contributed by atoms with Crippen molar-refractivity contribution in [3.8, 4) is 5.75 Å². The quantitative estimate of drug-likeness (QED) is 0.387. The van der Waals surface area contributed by atoms with E-state index < -0.39 is 41.9 Å². The lowest BCUT2D eigenvalue weighted by atomic mass is 10.00. The summed E-state index contributed by atoms with van der Waals surface area (Å²) in [5.41, 5.74) is 0.887. The lowest BCUT2D eigenvalue weighted by Crippen LogP contribution is -2.62. The number of carbonyl (C=O) groups excluding carboxylic acids is 4. The molecule has 3 aliphatic rings. The number of hydrogen-bond acceptors (Lipinski definition) is 10. The molecule has 1 aromatic carbocycles. The fourth-order valence-electron chi connectivity index (χ4n) is 6.26. The van der Waals surface area contributed by atoms with Gasteiger partial charge in [0.05, 0.1) is 31.8 Å². The van der Waals surface area contributed by atoms with Gasteiger partial charge in [0.2, 0.25) is 17.7 Å². The average molecular weight is 640 g/mol. The number of benzene rings is 1. The molecule has 0 unspecified atom stereocenters. The molecule has 2 fully saturated rings. The molecule has 14 nitrogen and oxygen atoms in total. The Morgan fingerprint density at radius 2 is 1.89 bits per heavy atom. The molecule has 0 aliphatic carbocycles. The summed E-state index contributed by atoms with van der Waals surface area (Å²) in [4.78, 5) is 70.6. The molecule has 0 bridgehead atoms. The lowest BCUT2D eigenvalue weighted by molar-refractivity contribution is -0.145. The predicted octanol–water partition coefficient (Wildman–Crippen LogP) is 1.87. The van der Waals surface area contributed by atoms with Crippen LogP contribution in [0.15, 0.2) is 50.5 Å². The Morgan fingerprint density at radius 1 is 1.11 bits per heavy atom. The molecule has 46 heavy (non-hydrogen) atoms. The van der Waals surface area contributed by atoms with Gasteiger partial charge in [-0.2, -0.15) is 0 Å². The van der Waals surface area contributed by atoms with Crippen LogP contribution in [0.25, 0.3) is 0 Å². The van der Waals surface area contributed by atoms with Crippen molar-refractivity contribution in [3.05, 3.63) is 64.6 Å². The summed E-state index contributed by atoms with van der Waals surface area (Å²) in [6.45, 7) is 7.51. The number of para-hydroxylation sites is 1. The number of nitrogens with one attached hydrogen (secondary N) is 2. The summed E-state index contributed by atoms with van der Waals surface area (Å²) in [7, 11) is 1.67.